The van der Waals surface area contributed by atoms with Crippen LogP contribution >= 0.6 is 11.3 Å². The molecule has 0 aliphatic rings. The van der Waals surface area contributed by atoms with Gasteiger partial charge in [-0.2, -0.15) is 0 Å². The second-order valence-corrected chi connectivity index (χ2v) is 4.60. The van der Waals surface area contributed by atoms with E-state index in [0.717, 1.165) is 21.5 Å². The molecule has 3 aromatic rings. The lowest BCUT2D eigenvalue weighted by atomic mass is 10.1. The lowest BCUT2D eigenvalue weighted by molar-refractivity contribution is 1.78. The molecule has 0 aliphatic carbocycles. The molecule has 15 heavy (non-hydrogen) atoms. The minimum Gasteiger partial charge on any atom is -0.398 e. The molecule has 2 nitrogen and oxygen atoms in total. The normalized spacial score (nSPS) is 11.2. The highest BCUT2D eigenvalue weighted by molar-refractivity contribution is 7.26. The molecule has 0 atom stereocenters. The van der Waals surface area contributed by atoms with E-state index in [-0.39, 0.29) is 0 Å². The smallest absolute Gasteiger partial charge is 0.0605 e. The predicted octanol–water partition coefficient (Wildman–Crippen LogP) is 3.22. The summed E-state index contributed by atoms with van der Waals surface area (Å²) in [6.07, 6.45) is 0. The van der Waals surface area contributed by atoms with Crippen molar-refractivity contribution in [2.24, 2.45) is 0 Å². The van der Waals surface area contributed by atoms with Gasteiger partial charge in [0.2, 0.25) is 0 Å². The molecule has 0 unspecified atom stereocenters. The summed E-state index contributed by atoms with van der Waals surface area (Å²) in [5.41, 5.74) is 13.5. The number of rotatable bonds is 0. The van der Waals surface area contributed by atoms with Gasteiger partial charge in [0.05, 0.1) is 4.70 Å². The average molecular weight is 214 g/mol. The van der Waals surface area contributed by atoms with E-state index in [1.54, 1.807) is 11.3 Å². The minimum atomic E-state index is 0.802. The van der Waals surface area contributed by atoms with E-state index in [1.807, 2.05) is 24.3 Å². The fourth-order valence-corrected chi connectivity index (χ4v) is 3.04. The molecule has 3 rings (SSSR count). The third-order valence-corrected chi connectivity index (χ3v) is 3.81. The quantitative estimate of drug-likeness (QED) is 0.564. The molecule has 0 spiro atoms. The van der Waals surface area contributed by atoms with Crippen LogP contribution in [0.15, 0.2) is 36.4 Å². The van der Waals surface area contributed by atoms with E-state index in [4.69, 9.17) is 11.5 Å². The van der Waals surface area contributed by atoms with Crippen molar-refractivity contribution >= 4 is 42.9 Å². The van der Waals surface area contributed by atoms with Crippen molar-refractivity contribution in [2.45, 2.75) is 0 Å². The van der Waals surface area contributed by atoms with Gasteiger partial charge in [-0.1, -0.05) is 18.2 Å². The van der Waals surface area contributed by atoms with E-state index in [2.05, 4.69) is 12.1 Å². The summed E-state index contributed by atoms with van der Waals surface area (Å²) in [6.45, 7) is 0. The topological polar surface area (TPSA) is 52.0 Å². The monoisotopic (exact) mass is 214 g/mol. The van der Waals surface area contributed by atoms with Gasteiger partial charge in [0.1, 0.15) is 0 Å². The molecule has 74 valence electrons. The third kappa shape index (κ3) is 1.10. The SMILES string of the molecule is Nc1ccc(N)c2c1sc1ccccc12. The molecule has 0 saturated heterocycles. The number of thiophene rings is 1. The summed E-state index contributed by atoms with van der Waals surface area (Å²) in [6, 6.07) is 12.0. The van der Waals surface area contributed by atoms with E-state index in [1.165, 1.54) is 10.1 Å². The summed E-state index contributed by atoms with van der Waals surface area (Å²) in [5, 5.41) is 2.29. The van der Waals surface area contributed by atoms with Crippen LogP contribution in [0.5, 0.6) is 0 Å². The maximum absolute atomic E-state index is 5.99. The lowest BCUT2D eigenvalue weighted by Crippen LogP contribution is -1.89. The summed E-state index contributed by atoms with van der Waals surface area (Å²) in [5.74, 6) is 0. The van der Waals surface area contributed by atoms with Crippen LogP contribution in [-0.2, 0) is 0 Å². The third-order valence-electron chi connectivity index (χ3n) is 2.59. The Kier molecular flexibility index (Phi) is 1.64. The molecule has 0 bridgehead atoms. The van der Waals surface area contributed by atoms with Crippen molar-refractivity contribution in [2.75, 3.05) is 11.5 Å². The summed E-state index contributed by atoms with van der Waals surface area (Å²) < 4.78 is 2.33. The van der Waals surface area contributed by atoms with Crippen molar-refractivity contribution in [3.63, 3.8) is 0 Å². The van der Waals surface area contributed by atoms with Gasteiger partial charge >= 0.3 is 0 Å². The van der Waals surface area contributed by atoms with Gasteiger partial charge in [-0.3, -0.25) is 0 Å². The molecule has 1 aromatic heterocycles. The molecule has 0 saturated carbocycles. The van der Waals surface area contributed by atoms with Gasteiger partial charge in [0.25, 0.3) is 0 Å². The Morgan fingerprint density at radius 2 is 1.60 bits per heavy atom. The molecule has 0 radical (unpaired) electrons. The molecule has 0 amide bonds. The largest absolute Gasteiger partial charge is 0.398 e. The van der Waals surface area contributed by atoms with Crippen LogP contribution in [-0.4, -0.2) is 0 Å². The second kappa shape index (κ2) is 2.87. The van der Waals surface area contributed by atoms with Crippen LogP contribution in [0, 0.1) is 0 Å². The highest BCUT2D eigenvalue weighted by Crippen LogP contribution is 2.39. The van der Waals surface area contributed by atoms with Gasteiger partial charge in [-0.15, -0.1) is 11.3 Å². The molecule has 3 heteroatoms. The zero-order chi connectivity index (χ0) is 10.4. The maximum atomic E-state index is 5.99. The van der Waals surface area contributed by atoms with Gasteiger partial charge in [0.15, 0.2) is 0 Å². The number of hydrogen-bond acceptors (Lipinski definition) is 3. The lowest BCUT2D eigenvalue weighted by Gasteiger charge is -1.99. The van der Waals surface area contributed by atoms with Crippen LogP contribution in [0.2, 0.25) is 0 Å². The van der Waals surface area contributed by atoms with Crippen LogP contribution in [0.1, 0.15) is 0 Å². The first-order valence-corrected chi connectivity index (χ1v) is 5.54. The Morgan fingerprint density at radius 3 is 2.47 bits per heavy atom. The highest BCUT2D eigenvalue weighted by atomic mass is 32.1. The van der Waals surface area contributed by atoms with Crippen molar-refractivity contribution in [3.05, 3.63) is 36.4 Å². The predicted molar refractivity (Wildman–Crippen MR) is 68.2 cm³/mol. The molecule has 1 heterocycles. The number of fused-ring (bicyclic) bond motifs is 3. The standard InChI is InChI=1S/C12H10N2S/c13-8-5-6-9(14)12-11(8)7-3-1-2-4-10(7)15-12/h1-6H,13-14H2. The molecule has 2 aromatic carbocycles. The average Bonchev–Trinajstić information content (AvgIpc) is 2.64. The fourth-order valence-electron chi connectivity index (χ4n) is 1.87. The Morgan fingerprint density at radius 1 is 0.867 bits per heavy atom. The maximum Gasteiger partial charge on any atom is 0.0605 e. The Hall–Kier alpha value is -1.74. The Balaban J connectivity index is 2.66. The van der Waals surface area contributed by atoms with Crippen molar-refractivity contribution in [1.29, 1.82) is 0 Å². The first kappa shape index (κ1) is 8.56. The van der Waals surface area contributed by atoms with Gasteiger partial charge < -0.3 is 11.5 Å². The first-order chi connectivity index (χ1) is 7.27. The summed E-state index contributed by atoms with van der Waals surface area (Å²) >= 11 is 1.70. The molecule has 0 fully saturated rings. The summed E-state index contributed by atoms with van der Waals surface area (Å²) in [7, 11) is 0. The molecule has 0 aliphatic heterocycles. The number of benzene rings is 2. The Labute approximate surface area is 91.1 Å². The number of hydrogen-bond donors (Lipinski definition) is 2. The van der Waals surface area contributed by atoms with E-state index in [0.29, 0.717) is 0 Å². The van der Waals surface area contributed by atoms with Crippen molar-refractivity contribution in [1.82, 2.24) is 0 Å². The second-order valence-electron chi connectivity index (χ2n) is 3.55. The summed E-state index contributed by atoms with van der Waals surface area (Å²) in [4.78, 5) is 0. The molecule has 4 N–H and O–H groups in total. The van der Waals surface area contributed by atoms with Crippen LogP contribution in [0.25, 0.3) is 20.2 Å². The van der Waals surface area contributed by atoms with Crippen LogP contribution in [0.3, 0.4) is 0 Å². The number of nitrogen functional groups attached to an aromatic ring is 2. The Bertz CT molecular complexity index is 655. The van der Waals surface area contributed by atoms with Crippen molar-refractivity contribution < 1.29 is 0 Å². The van der Waals surface area contributed by atoms with E-state index >= 15 is 0 Å². The van der Waals surface area contributed by atoms with Gasteiger partial charge in [-0.25, -0.2) is 0 Å². The molecular weight excluding hydrogens is 204 g/mol. The fraction of sp³-hybridized carbons (Fsp3) is 0. The number of nitrogens with two attached hydrogens (primary N) is 2. The van der Waals surface area contributed by atoms with Gasteiger partial charge in [0, 0.05) is 26.8 Å². The minimum absolute atomic E-state index is 0.802. The molecular formula is C12H10N2S. The van der Waals surface area contributed by atoms with E-state index in [9.17, 15) is 0 Å². The van der Waals surface area contributed by atoms with Crippen molar-refractivity contribution in [3.8, 4) is 0 Å². The van der Waals surface area contributed by atoms with E-state index < -0.39 is 0 Å². The number of anilines is 2. The first-order valence-electron chi connectivity index (χ1n) is 4.72. The zero-order valence-electron chi connectivity index (χ0n) is 8.03. The van der Waals surface area contributed by atoms with Crippen LogP contribution < -0.4 is 11.5 Å². The van der Waals surface area contributed by atoms with Crippen LogP contribution in [0.4, 0.5) is 11.4 Å². The van der Waals surface area contributed by atoms with Gasteiger partial charge in [-0.05, 0) is 18.2 Å². The highest BCUT2D eigenvalue weighted by Gasteiger charge is 2.09. The zero-order valence-corrected chi connectivity index (χ0v) is 8.84.